The summed E-state index contributed by atoms with van der Waals surface area (Å²) in [6, 6.07) is 12.5. The molecule has 172 valence electrons. The average Bonchev–Trinajstić information content (AvgIpc) is 3.12. The molecule has 0 aliphatic heterocycles. The van der Waals surface area contributed by atoms with Crippen LogP contribution in [0.3, 0.4) is 0 Å². The van der Waals surface area contributed by atoms with Crippen LogP contribution in [0, 0.1) is 11.2 Å². The molecule has 0 amide bonds. The zero-order valence-electron chi connectivity index (χ0n) is 19.5. The first kappa shape index (κ1) is 23.7. The topological polar surface area (TPSA) is 73.7 Å². The molecule has 0 saturated carbocycles. The number of rotatable bonds is 9. The van der Waals surface area contributed by atoms with Gasteiger partial charge in [-0.05, 0) is 60.1 Å². The third-order valence-corrected chi connectivity index (χ3v) is 5.89. The van der Waals surface area contributed by atoms with Gasteiger partial charge < -0.3 is 15.2 Å². The normalized spacial score (nSPS) is 15.8. The molecule has 3 rings (SSSR count). The van der Waals surface area contributed by atoms with Gasteiger partial charge in [0, 0.05) is 6.07 Å². The first-order valence-electron chi connectivity index (χ1n) is 11.1. The highest BCUT2D eigenvalue weighted by Crippen LogP contribution is 2.44. The second kappa shape index (κ2) is 10.1. The first-order valence-corrected chi connectivity index (χ1v) is 11.1. The monoisotopic (exact) mass is 439 g/mol. The Balaban J connectivity index is 1.97. The summed E-state index contributed by atoms with van der Waals surface area (Å²) in [5.74, 6) is 7.30. The van der Waals surface area contributed by atoms with Crippen molar-refractivity contribution in [1.82, 2.24) is 0 Å². The highest BCUT2D eigenvalue weighted by atomic mass is 19.1. The molecule has 0 radical (unpaired) electrons. The maximum atomic E-state index is 14.7. The average molecular weight is 440 g/mol. The van der Waals surface area contributed by atoms with E-state index in [2.05, 4.69) is 32.9 Å². The van der Waals surface area contributed by atoms with Gasteiger partial charge in [0.05, 0.1) is 24.2 Å². The van der Waals surface area contributed by atoms with Gasteiger partial charge in [-0.25, -0.2) is 10.2 Å². The molecular formula is C26H34FN3O2. The molecule has 2 aromatic carbocycles. The van der Waals surface area contributed by atoms with Gasteiger partial charge in [-0.2, -0.15) is 0 Å². The van der Waals surface area contributed by atoms with Crippen molar-refractivity contribution >= 4 is 5.69 Å². The number of hydrazine groups is 1. The number of allylic oxidation sites excluding steroid dienone is 2. The number of nitrogens with two attached hydrogens (primary N) is 2. The van der Waals surface area contributed by atoms with Crippen molar-refractivity contribution < 1.29 is 13.9 Å². The Morgan fingerprint density at radius 1 is 1.16 bits per heavy atom. The van der Waals surface area contributed by atoms with Crippen LogP contribution in [-0.4, -0.2) is 13.7 Å². The van der Waals surface area contributed by atoms with E-state index in [-0.39, 0.29) is 17.7 Å². The number of anilines is 1. The van der Waals surface area contributed by atoms with Crippen LogP contribution in [0.15, 0.2) is 65.5 Å². The third-order valence-electron chi connectivity index (χ3n) is 5.89. The summed E-state index contributed by atoms with van der Waals surface area (Å²) in [6.07, 6.45) is 6.05. The fraction of sp³-hybridized carbons (Fsp3) is 0.385. The number of hydrogen-bond acceptors (Lipinski definition) is 5. The Morgan fingerprint density at radius 3 is 2.59 bits per heavy atom. The number of benzene rings is 2. The van der Waals surface area contributed by atoms with E-state index in [1.165, 1.54) is 23.7 Å². The summed E-state index contributed by atoms with van der Waals surface area (Å²) >= 11 is 0. The molecule has 6 heteroatoms. The largest absolute Gasteiger partial charge is 0.497 e. The number of nitrogens with zero attached hydrogens (tertiary/aromatic N) is 1. The minimum atomic E-state index is -0.455. The van der Waals surface area contributed by atoms with E-state index in [1.54, 1.807) is 12.1 Å². The molecular weight excluding hydrogens is 405 g/mol. The van der Waals surface area contributed by atoms with Crippen molar-refractivity contribution in [3.63, 3.8) is 0 Å². The predicted molar refractivity (Wildman–Crippen MR) is 128 cm³/mol. The maximum Gasteiger partial charge on any atom is 0.148 e. The van der Waals surface area contributed by atoms with Gasteiger partial charge in [0.25, 0.3) is 0 Å². The number of aryl methyl sites for hydroxylation is 1. The lowest BCUT2D eigenvalue weighted by atomic mass is 9.83. The molecule has 1 aliphatic carbocycles. The van der Waals surface area contributed by atoms with Crippen molar-refractivity contribution in [2.45, 2.75) is 46.5 Å². The molecule has 0 aromatic heterocycles. The summed E-state index contributed by atoms with van der Waals surface area (Å²) in [5.41, 5.74) is 9.82. The van der Waals surface area contributed by atoms with E-state index in [9.17, 15) is 4.39 Å². The number of ether oxygens (including phenoxy) is 2. The van der Waals surface area contributed by atoms with Gasteiger partial charge in [0.15, 0.2) is 0 Å². The van der Waals surface area contributed by atoms with Crippen molar-refractivity contribution in [3.8, 4) is 11.5 Å². The highest BCUT2D eigenvalue weighted by molar-refractivity contribution is 5.61. The summed E-state index contributed by atoms with van der Waals surface area (Å²) in [4.78, 5) is 0. The molecule has 0 atom stereocenters. The Labute approximate surface area is 190 Å². The van der Waals surface area contributed by atoms with Crippen molar-refractivity contribution in [3.05, 3.63) is 76.9 Å². The van der Waals surface area contributed by atoms with E-state index in [4.69, 9.17) is 21.1 Å². The summed E-state index contributed by atoms with van der Waals surface area (Å²) in [6.45, 7) is 6.57. The predicted octanol–water partition coefficient (Wildman–Crippen LogP) is 5.46. The Kier molecular flexibility index (Phi) is 7.46. The highest BCUT2D eigenvalue weighted by Gasteiger charge is 2.34. The molecule has 0 bridgehead atoms. The molecule has 1 aliphatic rings. The van der Waals surface area contributed by atoms with E-state index < -0.39 is 5.82 Å². The van der Waals surface area contributed by atoms with Crippen LogP contribution in [0.25, 0.3) is 0 Å². The lowest BCUT2D eigenvalue weighted by Gasteiger charge is -2.32. The lowest BCUT2D eigenvalue weighted by molar-refractivity contribution is 0.347. The molecule has 4 N–H and O–H groups in total. The summed E-state index contributed by atoms with van der Waals surface area (Å²) in [7, 11) is 1.53. The zero-order valence-corrected chi connectivity index (χ0v) is 19.5. The first-order chi connectivity index (χ1) is 15.3. The van der Waals surface area contributed by atoms with Crippen LogP contribution in [0.2, 0.25) is 0 Å². The van der Waals surface area contributed by atoms with E-state index in [1.807, 2.05) is 18.2 Å². The van der Waals surface area contributed by atoms with Crippen LogP contribution in [0.5, 0.6) is 11.5 Å². The van der Waals surface area contributed by atoms with Gasteiger partial charge in [-0.15, -0.1) is 0 Å². The minimum absolute atomic E-state index is 0.137. The standard InChI is InChI=1S/C26H34FN3O2/c1-5-8-18-9-6-10-20(15-18)32-17-23(28)25(21-11-7-14-26(21,2)3)30(29)24-16-19(31-4)12-13-22(24)27/h6,9-13,15-16H,5,7-8,14,17,28-29H2,1-4H3/b25-23-. The fourth-order valence-electron chi connectivity index (χ4n) is 4.10. The number of halogens is 1. The summed E-state index contributed by atoms with van der Waals surface area (Å²) < 4.78 is 26.0. The Bertz CT molecular complexity index is 1010. The van der Waals surface area contributed by atoms with Gasteiger partial charge in [0.2, 0.25) is 0 Å². The SMILES string of the molecule is CCCc1cccc(OC/C(N)=C(\C2=CCCC2(C)C)N(N)c2cc(OC)ccc2F)c1. The molecule has 32 heavy (non-hydrogen) atoms. The van der Waals surface area contributed by atoms with Gasteiger partial charge in [-0.1, -0.05) is 45.4 Å². The van der Waals surface area contributed by atoms with Crippen molar-refractivity contribution in [1.29, 1.82) is 0 Å². The van der Waals surface area contributed by atoms with Gasteiger partial charge in [0.1, 0.15) is 23.9 Å². The molecule has 0 fully saturated rings. The summed E-state index contributed by atoms with van der Waals surface area (Å²) in [5, 5.41) is 1.32. The van der Waals surface area contributed by atoms with E-state index >= 15 is 0 Å². The maximum absolute atomic E-state index is 14.7. The second-order valence-electron chi connectivity index (χ2n) is 8.79. The second-order valence-corrected chi connectivity index (χ2v) is 8.79. The minimum Gasteiger partial charge on any atom is -0.497 e. The molecule has 2 aromatic rings. The zero-order chi connectivity index (χ0) is 23.3. The van der Waals surface area contributed by atoms with E-state index in [0.717, 1.165) is 37.0 Å². The Morgan fingerprint density at radius 2 is 1.94 bits per heavy atom. The third kappa shape index (κ3) is 5.25. The van der Waals surface area contributed by atoms with Crippen LogP contribution < -0.4 is 26.1 Å². The van der Waals surface area contributed by atoms with Crippen molar-refractivity contribution in [2.24, 2.45) is 17.0 Å². The van der Waals surface area contributed by atoms with Crippen LogP contribution in [0.1, 0.15) is 45.6 Å². The van der Waals surface area contributed by atoms with Crippen LogP contribution in [0.4, 0.5) is 10.1 Å². The number of methoxy groups -OCH3 is 1. The quantitative estimate of drug-likeness (QED) is 0.401. The molecule has 0 saturated heterocycles. The fourth-order valence-corrected chi connectivity index (χ4v) is 4.10. The van der Waals surface area contributed by atoms with Gasteiger partial charge in [-0.3, -0.25) is 5.01 Å². The molecule has 0 unspecified atom stereocenters. The molecule has 0 heterocycles. The van der Waals surface area contributed by atoms with E-state index in [0.29, 0.717) is 17.1 Å². The smallest absolute Gasteiger partial charge is 0.148 e. The Hall–Kier alpha value is -2.99. The van der Waals surface area contributed by atoms with Crippen LogP contribution in [-0.2, 0) is 6.42 Å². The number of hydrogen-bond donors (Lipinski definition) is 2. The molecule has 0 spiro atoms. The van der Waals surface area contributed by atoms with Crippen molar-refractivity contribution in [2.75, 3.05) is 18.7 Å². The van der Waals surface area contributed by atoms with Crippen LogP contribution >= 0.6 is 0 Å². The molecule has 5 nitrogen and oxygen atoms in total. The van der Waals surface area contributed by atoms with Gasteiger partial charge >= 0.3 is 0 Å². The lowest BCUT2D eigenvalue weighted by Crippen LogP contribution is -2.37.